The Hall–Kier alpha value is -2.94. The van der Waals surface area contributed by atoms with Gasteiger partial charge in [0.25, 0.3) is 0 Å². The van der Waals surface area contributed by atoms with Crippen molar-refractivity contribution in [2.24, 2.45) is 0 Å². The van der Waals surface area contributed by atoms with E-state index in [9.17, 15) is 17.6 Å². The number of nitrogens with zero attached hydrogens (tertiary/aromatic N) is 2. The lowest BCUT2D eigenvalue weighted by atomic mass is 10.0. The first-order valence-corrected chi connectivity index (χ1v) is 8.56. The number of hydrogen-bond acceptors (Lipinski definition) is 5. The average molecular weight is 393 g/mol. The number of rotatable bonds is 4. The van der Waals surface area contributed by atoms with Gasteiger partial charge in [-0.15, -0.1) is 0 Å². The van der Waals surface area contributed by atoms with Crippen molar-refractivity contribution in [3.05, 3.63) is 64.8 Å². The molecular formula is C19H15F4N3O2. The van der Waals surface area contributed by atoms with Crippen LogP contribution in [0, 0.1) is 5.82 Å². The second kappa shape index (κ2) is 7.23. The maximum atomic E-state index is 14.4. The van der Waals surface area contributed by atoms with E-state index in [4.69, 9.17) is 4.74 Å². The van der Waals surface area contributed by atoms with Gasteiger partial charge in [-0.3, -0.25) is 0 Å². The molecule has 0 atom stereocenters. The zero-order valence-corrected chi connectivity index (χ0v) is 14.5. The summed E-state index contributed by atoms with van der Waals surface area (Å²) in [4.78, 5) is 3.20. The quantitative estimate of drug-likeness (QED) is 0.676. The van der Waals surface area contributed by atoms with Crippen LogP contribution in [0.2, 0.25) is 0 Å². The van der Waals surface area contributed by atoms with E-state index < -0.39 is 23.7 Å². The van der Waals surface area contributed by atoms with Crippen molar-refractivity contribution in [1.82, 2.24) is 15.5 Å². The third kappa shape index (κ3) is 3.70. The highest BCUT2D eigenvalue weighted by atomic mass is 19.4. The zero-order chi connectivity index (χ0) is 19.7. The normalized spacial score (nSPS) is 14.0. The fraction of sp³-hybridized carbons (Fsp3) is 0.263. The molecule has 0 amide bonds. The maximum Gasteiger partial charge on any atom is 0.471 e. The first-order valence-electron chi connectivity index (χ1n) is 8.56. The molecular weight excluding hydrogens is 378 g/mol. The van der Waals surface area contributed by atoms with Crippen LogP contribution < -0.4 is 10.1 Å². The van der Waals surface area contributed by atoms with Crippen molar-refractivity contribution in [3.8, 4) is 17.1 Å². The van der Waals surface area contributed by atoms with Gasteiger partial charge in [0.15, 0.2) is 0 Å². The lowest BCUT2D eigenvalue weighted by molar-refractivity contribution is -0.159. The molecule has 146 valence electrons. The van der Waals surface area contributed by atoms with Crippen molar-refractivity contribution in [2.45, 2.75) is 25.7 Å². The largest absolute Gasteiger partial charge is 0.489 e. The molecule has 0 fully saturated rings. The Balaban J connectivity index is 1.50. The summed E-state index contributed by atoms with van der Waals surface area (Å²) in [6.07, 6.45) is -3.86. The predicted octanol–water partition coefficient (Wildman–Crippen LogP) is 4.12. The second-order valence-electron chi connectivity index (χ2n) is 6.34. The number of ether oxygens (including phenoxy) is 1. The van der Waals surface area contributed by atoms with Crippen LogP contribution in [0.5, 0.6) is 5.75 Å². The fourth-order valence-electron chi connectivity index (χ4n) is 3.06. The summed E-state index contributed by atoms with van der Waals surface area (Å²) < 4.78 is 62.0. The molecule has 2 aromatic carbocycles. The molecule has 9 heteroatoms. The molecule has 4 rings (SSSR count). The van der Waals surface area contributed by atoms with Gasteiger partial charge in [0.2, 0.25) is 5.82 Å². The Morgan fingerprint density at radius 3 is 2.79 bits per heavy atom. The molecule has 0 bridgehead atoms. The number of fused-ring (bicyclic) bond motifs is 1. The van der Waals surface area contributed by atoms with Crippen molar-refractivity contribution >= 4 is 0 Å². The summed E-state index contributed by atoms with van der Waals surface area (Å²) in [6.45, 7) is 1.74. The van der Waals surface area contributed by atoms with Gasteiger partial charge in [-0.05, 0) is 42.3 Å². The molecule has 28 heavy (non-hydrogen) atoms. The van der Waals surface area contributed by atoms with Crippen LogP contribution in [0.25, 0.3) is 11.4 Å². The highest BCUT2D eigenvalue weighted by Crippen LogP contribution is 2.30. The standard InChI is InChI=1S/C19H15F4N3O2/c20-15-8-11(4-5-13(15)17-25-18(28-26-17)19(21,22)23)10-27-16-3-1-2-12-6-7-24-9-14(12)16/h1-5,8,24H,6-7,9-10H2. The van der Waals surface area contributed by atoms with E-state index in [1.807, 2.05) is 12.1 Å². The van der Waals surface area contributed by atoms with Gasteiger partial charge in [-0.2, -0.15) is 18.2 Å². The molecule has 0 radical (unpaired) electrons. The minimum atomic E-state index is -4.78. The first-order chi connectivity index (χ1) is 13.4. The van der Waals surface area contributed by atoms with Gasteiger partial charge in [0, 0.05) is 12.1 Å². The lowest BCUT2D eigenvalue weighted by Gasteiger charge is -2.20. The highest BCUT2D eigenvalue weighted by Gasteiger charge is 2.38. The van der Waals surface area contributed by atoms with Crippen LogP contribution in [0.15, 0.2) is 40.9 Å². The number of nitrogens with one attached hydrogen (secondary N) is 1. The Morgan fingerprint density at radius 1 is 1.18 bits per heavy atom. The summed E-state index contributed by atoms with van der Waals surface area (Å²) in [5, 5.41) is 6.48. The second-order valence-corrected chi connectivity index (χ2v) is 6.34. The maximum absolute atomic E-state index is 14.4. The highest BCUT2D eigenvalue weighted by molar-refractivity contribution is 5.56. The van der Waals surface area contributed by atoms with Crippen molar-refractivity contribution < 1.29 is 26.8 Å². The van der Waals surface area contributed by atoms with E-state index in [1.165, 1.54) is 17.7 Å². The molecule has 0 saturated carbocycles. The zero-order valence-electron chi connectivity index (χ0n) is 14.5. The number of benzene rings is 2. The smallest absolute Gasteiger partial charge is 0.471 e. The van der Waals surface area contributed by atoms with Crippen molar-refractivity contribution in [1.29, 1.82) is 0 Å². The van der Waals surface area contributed by atoms with E-state index in [0.29, 0.717) is 12.1 Å². The van der Waals surface area contributed by atoms with E-state index in [2.05, 4.69) is 26.0 Å². The molecule has 1 aliphatic rings. The summed E-state index contributed by atoms with van der Waals surface area (Å²) in [7, 11) is 0. The van der Waals surface area contributed by atoms with E-state index in [1.54, 1.807) is 6.07 Å². The van der Waals surface area contributed by atoms with Gasteiger partial charge in [0.1, 0.15) is 18.2 Å². The van der Waals surface area contributed by atoms with Crippen LogP contribution in [0.1, 0.15) is 22.6 Å². The van der Waals surface area contributed by atoms with Gasteiger partial charge >= 0.3 is 12.1 Å². The Morgan fingerprint density at radius 2 is 2.04 bits per heavy atom. The molecule has 1 N–H and O–H groups in total. The molecule has 5 nitrogen and oxygen atoms in total. The average Bonchev–Trinajstić information content (AvgIpc) is 3.17. The Bertz CT molecular complexity index is 1000. The third-order valence-corrected chi connectivity index (χ3v) is 4.44. The van der Waals surface area contributed by atoms with Crippen LogP contribution in [-0.4, -0.2) is 16.7 Å². The molecule has 2 heterocycles. The van der Waals surface area contributed by atoms with Crippen LogP contribution >= 0.6 is 0 Å². The Kier molecular flexibility index (Phi) is 4.76. The molecule has 1 aromatic heterocycles. The van der Waals surface area contributed by atoms with Crippen molar-refractivity contribution in [2.75, 3.05) is 6.54 Å². The molecule has 0 aliphatic carbocycles. The minimum Gasteiger partial charge on any atom is -0.489 e. The van der Waals surface area contributed by atoms with Gasteiger partial charge in [-0.1, -0.05) is 23.4 Å². The molecule has 0 spiro atoms. The van der Waals surface area contributed by atoms with Gasteiger partial charge in [-0.25, -0.2) is 4.39 Å². The van der Waals surface area contributed by atoms with Crippen LogP contribution in [-0.2, 0) is 25.7 Å². The minimum absolute atomic E-state index is 0.119. The molecule has 1 aliphatic heterocycles. The molecule has 3 aromatic rings. The Labute approximate surface area is 157 Å². The molecule has 0 unspecified atom stereocenters. The number of halogens is 4. The fourth-order valence-corrected chi connectivity index (χ4v) is 3.06. The SMILES string of the molecule is Fc1cc(COc2cccc3c2CNCC3)ccc1-c1noc(C(F)(F)F)n1. The molecule has 0 saturated heterocycles. The number of hydrogen-bond donors (Lipinski definition) is 1. The summed E-state index contributed by atoms with van der Waals surface area (Å²) in [5.74, 6) is -2.01. The first kappa shape index (κ1) is 18.4. The van der Waals surface area contributed by atoms with Crippen LogP contribution in [0.3, 0.4) is 0 Å². The topological polar surface area (TPSA) is 60.2 Å². The number of aromatic nitrogens is 2. The summed E-state index contributed by atoms with van der Waals surface area (Å²) in [5.41, 5.74) is 2.65. The van der Waals surface area contributed by atoms with Crippen LogP contribution in [0.4, 0.5) is 17.6 Å². The predicted molar refractivity (Wildman–Crippen MR) is 90.9 cm³/mol. The van der Waals surface area contributed by atoms with Crippen molar-refractivity contribution in [3.63, 3.8) is 0 Å². The summed E-state index contributed by atoms with van der Waals surface area (Å²) in [6, 6.07) is 9.87. The van der Waals surface area contributed by atoms with E-state index in [0.717, 1.165) is 24.3 Å². The lowest BCUT2D eigenvalue weighted by Crippen LogP contribution is -2.24. The number of alkyl halides is 3. The van der Waals surface area contributed by atoms with E-state index >= 15 is 0 Å². The van der Waals surface area contributed by atoms with E-state index in [-0.39, 0.29) is 12.2 Å². The summed E-state index contributed by atoms with van der Waals surface area (Å²) >= 11 is 0. The monoisotopic (exact) mass is 393 g/mol. The van der Waals surface area contributed by atoms with Gasteiger partial charge in [0.05, 0.1) is 5.56 Å². The third-order valence-electron chi connectivity index (χ3n) is 4.44. The van der Waals surface area contributed by atoms with Gasteiger partial charge < -0.3 is 14.6 Å².